The lowest BCUT2D eigenvalue weighted by molar-refractivity contribution is 0.420. The van der Waals surface area contributed by atoms with Gasteiger partial charge in [-0.05, 0) is 12.8 Å². The summed E-state index contributed by atoms with van der Waals surface area (Å²) in [6.45, 7) is 1.62. The number of aromatic nitrogens is 3. The molecule has 1 aliphatic rings. The molecule has 0 saturated heterocycles. The lowest BCUT2D eigenvalue weighted by Gasteiger charge is -2.19. The molecule has 0 saturated carbocycles. The lowest BCUT2D eigenvalue weighted by Crippen LogP contribution is -2.22. The fourth-order valence-corrected chi connectivity index (χ4v) is 2.37. The number of hydrogen-bond acceptors (Lipinski definition) is 3. The molecule has 3 rings (SSSR count). The van der Waals surface area contributed by atoms with Gasteiger partial charge in [0.25, 0.3) is 0 Å². The minimum Gasteiger partial charge on any atom is -0.330 e. The first-order valence-electron chi connectivity index (χ1n) is 6.08. The van der Waals surface area contributed by atoms with Crippen molar-refractivity contribution in [3.05, 3.63) is 36.2 Å². The first kappa shape index (κ1) is 10.5. The molecule has 1 atom stereocenters. The number of hydrogen-bond donors (Lipinski definition) is 1. The molecule has 0 aliphatic carbocycles. The zero-order chi connectivity index (χ0) is 11.7. The Morgan fingerprint density at radius 3 is 2.88 bits per heavy atom. The van der Waals surface area contributed by atoms with E-state index in [2.05, 4.69) is 10.1 Å². The van der Waals surface area contributed by atoms with Crippen molar-refractivity contribution < 1.29 is 0 Å². The minimum absolute atomic E-state index is 0.369. The van der Waals surface area contributed by atoms with Gasteiger partial charge in [-0.15, -0.1) is 0 Å². The Morgan fingerprint density at radius 2 is 2.12 bits per heavy atom. The maximum atomic E-state index is 5.78. The summed E-state index contributed by atoms with van der Waals surface area (Å²) in [5.41, 5.74) is 6.86. The van der Waals surface area contributed by atoms with Crippen molar-refractivity contribution in [3.63, 3.8) is 0 Å². The van der Waals surface area contributed by atoms with Gasteiger partial charge < -0.3 is 5.73 Å². The van der Waals surface area contributed by atoms with Crippen LogP contribution in [0.25, 0.3) is 11.4 Å². The van der Waals surface area contributed by atoms with E-state index in [0.29, 0.717) is 12.5 Å². The molecule has 0 amide bonds. The van der Waals surface area contributed by atoms with Gasteiger partial charge >= 0.3 is 0 Å². The van der Waals surface area contributed by atoms with Crippen molar-refractivity contribution in [1.82, 2.24) is 14.8 Å². The minimum atomic E-state index is 0.369. The molecule has 0 fully saturated rings. The summed E-state index contributed by atoms with van der Waals surface area (Å²) in [4.78, 5) is 4.65. The SMILES string of the molecule is NCC1CCCn2nc(-c3ccccc3)nc21. The smallest absolute Gasteiger partial charge is 0.181 e. The maximum absolute atomic E-state index is 5.78. The summed E-state index contributed by atoms with van der Waals surface area (Å²) >= 11 is 0. The highest BCUT2D eigenvalue weighted by atomic mass is 15.4. The Bertz CT molecular complexity index is 503. The van der Waals surface area contributed by atoms with Gasteiger partial charge in [-0.3, -0.25) is 0 Å². The topological polar surface area (TPSA) is 56.7 Å². The van der Waals surface area contributed by atoms with Gasteiger partial charge in [0.15, 0.2) is 5.82 Å². The van der Waals surface area contributed by atoms with Crippen LogP contribution in [0.5, 0.6) is 0 Å². The molecule has 88 valence electrons. The van der Waals surface area contributed by atoms with E-state index in [1.54, 1.807) is 0 Å². The second-order valence-corrected chi connectivity index (χ2v) is 4.46. The standard InChI is InChI=1S/C13H16N4/c14-9-11-7-4-8-17-13(11)15-12(16-17)10-5-2-1-3-6-10/h1-3,5-6,11H,4,7-9,14H2. The molecule has 4 heteroatoms. The normalized spacial score (nSPS) is 19.0. The van der Waals surface area contributed by atoms with Gasteiger partial charge in [0.1, 0.15) is 5.82 Å². The van der Waals surface area contributed by atoms with Crippen LogP contribution in [0.15, 0.2) is 30.3 Å². The van der Waals surface area contributed by atoms with Crippen LogP contribution in [0.4, 0.5) is 0 Å². The van der Waals surface area contributed by atoms with Crippen LogP contribution >= 0.6 is 0 Å². The fraction of sp³-hybridized carbons (Fsp3) is 0.385. The van der Waals surface area contributed by atoms with Gasteiger partial charge in [-0.1, -0.05) is 30.3 Å². The third-order valence-electron chi connectivity index (χ3n) is 3.30. The van der Waals surface area contributed by atoms with Crippen LogP contribution in [-0.2, 0) is 6.54 Å². The predicted molar refractivity (Wildman–Crippen MR) is 66.5 cm³/mol. The summed E-state index contributed by atoms with van der Waals surface area (Å²) in [6.07, 6.45) is 2.27. The highest BCUT2D eigenvalue weighted by molar-refractivity contribution is 5.54. The molecule has 0 spiro atoms. The van der Waals surface area contributed by atoms with Crippen LogP contribution in [0.1, 0.15) is 24.6 Å². The molecule has 1 aliphatic heterocycles. The molecule has 4 nitrogen and oxygen atoms in total. The van der Waals surface area contributed by atoms with Gasteiger partial charge in [0, 0.05) is 24.6 Å². The molecule has 1 aromatic heterocycles. The summed E-state index contributed by atoms with van der Waals surface area (Å²) in [6, 6.07) is 10.1. The Labute approximate surface area is 100 Å². The Balaban J connectivity index is 2.02. The van der Waals surface area contributed by atoms with Crippen molar-refractivity contribution >= 4 is 0 Å². The third-order valence-corrected chi connectivity index (χ3v) is 3.30. The van der Waals surface area contributed by atoms with Crippen LogP contribution in [0, 0.1) is 0 Å². The summed E-state index contributed by atoms with van der Waals surface area (Å²) in [5.74, 6) is 2.24. The lowest BCUT2D eigenvalue weighted by atomic mass is 10.00. The molecular weight excluding hydrogens is 212 g/mol. The number of nitrogens with two attached hydrogens (primary N) is 1. The molecule has 17 heavy (non-hydrogen) atoms. The first-order valence-corrected chi connectivity index (χ1v) is 6.08. The number of aryl methyl sites for hydroxylation is 1. The van der Waals surface area contributed by atoms with Crippen molar-refractivity contribution in [2.24, 2.45) is 5.73 Å². The highest BCUT2D eigenvalue weighted by Crippen LogP contribution is 2.26. The Kier molecular flexibility index (Phi) is 2.65. The van der Waals surface area contributed by atoms with Crippen LogP contribution < -0.4 is 5.73 Å². The largest absolute Gasteiger partial charge is 0.330 e. The molecule has 2 aromatic rings. The van der Waals surface area contributed by atoms with Gasteiger partial charge in [0.05, 0.1) is 0 Å². The summed E-state index contributed by atoms with van der Waals surface area (Å²) in [7, 11) is 0. The second-order valence-electron chi connectivity index (χ2n) is 4.46. The maximum Gasteiger partial charge on any atom is 0.181 e. The van der Waals surface area contributed by atoms with E-state index in [1.807, 2.05) is 35.0 Å². The van der Waals surface area contributed by atoms with Crippen molar-refractivity contribution in [1.29, 1.82) is 0 Å². The Hall–Kier alpha value is -1.68. The molecule has 1 unspecified atom stereocenters. The first-order chi connectivity index (χ1) is 8.38. The molecule has 2 heterocycles. The van der Waals surface area contributed by atoms with Crippen molar-refractivity contribution in [2.45, 2.75) is 25.3 Å². The van der Waals surface area contributed by atoms with Crippen LogP contribution in [0.3, 0.4) is 0 Å². The summed E-state index contributed by atoms with van der Waals surface area (Å²) in [5, 5.41) is 4.57. The number of benzene rings is 1. The average Bonchev–Trinajstić information content (AvgIpc) is 2.83. The molecule has 0 radical (unpaired) electrons. The highest BCUT2D eigenvalue weighted by Gasteiger charge is 2.23. The number of rotatable bonds is 2. The number of nitrogens with zero attached hydrogens (tertiary/aromatic N) is 3. The van der Waals surface area contributed by atoms with Gasteiger partial charge in [-0.25, -0.2) is 9.67 Å². The fourth-order valence-electron chi connectivity index (χ4n) is 2.37. The van der Waals surface area contributed by atoms with E-state index in [1.165, 1.54) is 0 Å². The average molecular weight is 228 g/mol. The monoisotopic (exact) mass is 228 g/mol. The molecule has 0 bridgehead atoms. The second kappa shape index (κ2) is 4.30. The van der Waals surface area contributed by atoms with Crippen molar-refractivity contribution in [3.8, 4) is 11.4 Å². The van der Waals surface area contributed by atoms with E-state index >= 15 is 0 Å². The zero-order valence-corrected chi connectivity index (χ0v) is 9.71. The van der Waals surface area contributed by atoms with Crippen LogP contribution in [-0.4, -0.2) is 21.3 Å². The van der Waals surface area contributed by atoms with E-state index in [9.17, 15) is 0 Å². The Morgan fingerprint density at radius 1 is 1.29 bits per heavy atom. The third kappa shape index (κ3) is 1.85. The van der Waals surface area contributed by atoms with E-state index in [-0.39, 0.29) is 0 Å². The zero-order valence-electron chi connectivity index (χ0n) is 9.71. The number of fused-ring (bicyclic) bond motifs is 1. The van der Waals surface area contributed by atoms with E-state index in [0.717, 1.165) is 36.6 Å². The molecular formula is C13H16N4. The van der Waals surface area contributed by atoms with E-state index < -0.39 is 0 Å². The molecule has 2 N–H and O–H groups in total. The van der Waals surface area contributed by atoms with Crippen LogP contribution in [0.2, 0.25) is 0 Å². The molecule has 1 aromatic carbocycles. The van der Waals surface area contributed by atoms with Gasteiger partial charge in [0.2, 0.25) is 0 Å². The van der Waals surface area contributed by atoms with E-state index in [4.69, 9.17) is 5.73 Å². The quantitative estimate of drug-likeness (QED) is 0.852. The van der Waals surface area contributed by atoms with Crippen molar-refractivity contribution in [2.75, 3.05) is 6.54 Å². The predicted octanol–water partition coefficient (Wildman–Crippen LogP) is 1.78. The summed E-state index contributed by atoms with van der Waals surface area (Å²) < 4.78 is 2.02. The van der Waals surface area contributed by atoms with Gasteiger partial charge in [-0.2, -0.15) is 5.10 Å².